The van der Waals surface area contributed by atoms with Crippen molar-refractivity contribution in [2.24, 2.45) is 11.8 Å². The third kappa shape index (κ3) is 4.56. The number of rotatable bonds is 6. The second-order valence-corrected chi connectivity index (χ2v) is 10.2. The van der Waals surface area contributed by atoms with Crippen LogP contribution in [0.15, 0.2) is 42.6 Å². The van der Waals surface area contributed by atoms with Crippen LogP contribution in [-0.2, 0) is 27.2 Å². The molecule has 4 rings (SSSR count). The highest BCUT2D eigenvalue weighted by atomic mass is 16.2. The summed E-state index contributed by atoms with van der Waals surface area (Å²) in [6, 6.07) is 9.55. The van der Waals surface area contributed by atoms with Crippen molar-refractivity contribution in [3.63, 3.8) is 0 Å². The van der Waals surface area contributed by atoms with Gasteiger partial charge in [-0.25, -0.2) is 0 Å². The van der Waals surface area contributed by atoms with Gasteiger partial charge in [0.25, 0.3) is 0 Å². The fraction of sp³-hybridized carbons (Fsp3) is 0.481. The van der Waals surface area contributed by atoms with Gasteiger partial charge in [-0.05, 0) is 55.2 Å². The van der Waals surface area contributed by atoms with Crippen LogP contribution in [-0.4, -0.2) is 58.7 Å². The van der Waals surface area contributed by atoms with Crippen LogP contribution in [0.4, 0.5) is 0 Å². The lowest BCUT2D eigenvalue weighted by molar-refractivity contribution is -0.159. The van der Waals surface area contributed by atoms with Crippen molar-refractivity contribution in [1.82, 2.24) is 20.1 Å². The van der Waals surface area contributed by atoms with E-state index in [4.69, 9.17) is 0 Å². The maximum Gasteiger partial charge on any atom is 0.249 e. The van der Waals surface area contributed by atoms with Crippen LogP contribution < -0.4 is 5.32 Å². The number of amides is 3. The minimum absolute atomic E-state index is 0.0393. The van der Waals surface area contributed by atoms with Crippen LogP contribution in [0.25, 0.3) is 0 Å². The van der Waals surface area contributed by atoms with E-state index in [2.05, 4.69) is 22.4 Å². The van der Waals surface area contributed by atoms with Crippen LogP contribution in [0.1, 0.15) is 48.7 Å². The number of hydrogen-bond acceptors (Lipinski definition) is 4. The Morgan fingerprint density at radius 1 is 1.12 bits per heavy atom. The van der Waals surface area contributed by atoms with Crippen LogP contribution >= 0.6 is 0 Å². The van der Waals surface area contributed by atoms with E-state index in [-0.39, 0.29) is 29.6 Å². The second-order valence-electron chi connectivity index (χ2n) is 10.2. The molecule has 1 N–H and O–H groups in total. The highest BCUT2D eigenvalue weighted by Gasteiger charge is 2.49. The Morgan fingerprint density at radius 2 is 1.76 bits per heavy atom. The number of hydrogen-bond donors (Lipinski definition) is 1. The average Bonchev–Trinajstić information content (AvgIpc) is 3.22. The summed E-state index contributed by atoms with van der Waals surface area (Å²) in [7, 11) is 3.35. The van der Waals surface area contributed by atoms with Gasteiger partial charge < -0.3 is 15.1 Å². The topological polar surface area (TPSA) is 82.6 Å². The summed E-state index contributed by atoms with van der Waals surface area (Å²) in [5.74, 6) is -0.488. The number of aromatic nitrogens is 1. The number of pyridine rings is 1. The lowest BCUT2D eigenvalue weighted by Crippen LogP contribution is -2.67. The molecule has 2 heterocycles. The zero-order valence-electron chi connectivity index (χ0n) is 20.6. The first kappa shape index (κ1) is 23.9. The summed E-state index contributed by atoms with van der Waals surface area (Å²) < 4.78 is 0. The van der Waals surface area contributed by atoms with Crippen LogP contribution in [0.3, 0.4) is 0 Å². The molecule has 180 valence electrons. The molecule has 0 saturated carbocycles. The molecule has 0 radical (unpaired) electrons. The Balaban J connectivity index is 1.75. The normalized spacial score (nSPS) is 21.4. The molecule has 7 nitrogen and oxygen atoms in total. The van der Waals surface area contributed by atoms with Gasteiger partial charge in [-0.3, -0.25) is 19.4 Å². The van der Waals surface area contributed by atoms with Gasteiger partial charge in [-0.2, -0.15) is 0 Å². The Kier molecular flexibility index (Phi) is 6.73. The Bertz CT molecular complexity index is 1050. The first-order valence-corrected chi connectivity index (χ1v) is 12.0. The van der Waals surface area contributed by atoms with Gasteiger partial charge in [0, 0.05) is 31.5 Å². The fourth-order valence-electron chi connectivity index (χ4n) is 5.18. The largest absolute Gasteiger partial charge is 0.347 e. The summed E-state index contributed by atoms with van der Waals surface area (Å²) in [4.78, 5) is 48.5. The molecule has 3 amide bonds. The smallest absolute Gasteiger partial charge is 0.249 e. The first-order chi connectivity index (χ1) is 16.2. The third-order valence-electron chi connectivity index (χ3n) is 6.91. The van der Waals surface area contributed by atoms with Crippen molar-refractivity contribution < 1.29 is 14.4 Å². The molecule has 1 aliphatic heterocycles. The number of nitrogens with zero attached hydrogens (tertiary/aromatic N) is 3. The van der Waals surface area contributed by atoms with Gasteiger partial charge in [0.15, 0.2) is 0 Å². The zero-order chi connectivity index (χ0) is 24.6. The molecule has 3 atom stereocenters. The number of carbonyl (C=O) groups is 3. The van der Waals surface area contributed by atoms with Gasteiger partial charge in [-0.1, -0.05) is 44.2 Å². The number of likely N-dealkylation sites (N-methyl/N-ethyl adjacent to an activating group) is 1. The number of fused-ring (bicyclic) bond motifs is 1. The van der Waals surface area contributed by atoms with Gasteiger partial charge >= 0.3 is 0 Å². The lowest BCUT2D eigenvalue weighted by Gasteiger charge is -2.45. The highest BCUT2D eigenvalue weighted by Crippen LogP contribution is 2.35. The van der Waals surface area contributed by atoms with E-state index in [1.165, 1.54) is 16.0 Å². The zero-order valence-corrected chi connectivity index (χ0v) is 20.6. The van der Waals surface area contributed by atoms with E-state index < -0.39 is 18.1 Å². The van der Waals surface area contributed by atoms with Crippen LogP contribution in [0.2, 0.25) is 0 Å². The molecule has 7 heteroatoms. The monoisotopic (exact) mass is 462 g/mol. The van der Waals surface area contributed by atoms with Crippen molar-refractivity contribution in [2.75, 3.05) is 14.1 Å². The first-order valence-electron chi connectivity index (χ1n) is 12.0. The summed E-state index contributed by atoms with van der Waals surface area (Å²) >= 11 is 0. The van der Waals surface area contributed by atoms with E-state index >= 15 is 0 Å². The molecule has 1 unspecified atom stereocenters. The quantitative estimate of drug-likeness (QED) is 0.716. The average molecular weight is 463 g/mol. The SMILES string of the molecule is Cc1ccc(C(C(=O)N(C)C)N2C(=O)[C@@H](C3Cc4ccccc4C3)NC(=O)[C@H]2CC(C)C)cn1. The van der Waals surface area contributed by atoms with Crippen LogP contribution in [0, 0.1) is 18.8 Å². The van der Waals surface area contributed by atoms with Crippen molar-refractivity contribution >= 4 is 17.7 Å². The lowest BCUT2D eigenvalue weighted by atomic mass is 9.88. The Morgan fingerprint density at radius 3 is 2.29 bits per heavy atom. The van der Waals surface area contributed by atoms with E-state index in [9.17, 15) is 14.4 Å². The summed E-state index contributed by atoms with van der Waals surface area (Å²) in [5, 5.41) is 3.04. The third-order valence-corrected chi connectivity index (χ3v) is 6.91. The number of nitrogens with one attached hydrogen (secondary N) is 1. The second kappa shape index (κ2) is 9.57. The summed E-state index contributed by atoms with van der Waals surface area (Å²) in [6.07, 6.45) is 3.58. The molecule has 1 aliphatic carbocycles. The minimum Gasteiger partial charge on any atom is -0.347 e. The van der Waals surface area contributed by atoms with Gasteiger partial charge in [0.2, 0.25) is 17.7 Å². The van der Waals surface area contributed by atoms with E-state index in [0.717, 1.165) is 18.5 Å². The van der Waals surface area contributed by atoms with Crippen molar-refractivity contribution in [3.8, 4) is 0 Å². The number of benzene rings is 1. The van der Waals surface area contributed by atoms with Gasteiger partial charge in [-0.15, -0.1) is 0 Å². The Labute approximate surface area is 201 Å². The molecule has 1 fully saturated rings. The number of carbonyl (C=O) groups excluding carboxylic acids is 3. The standard InChI is InChI=1S/C27H34N4O3/c1-16(2)12-22-25(32)29-23(21-13-18-8-6-7-9-19(18)14-21)26(33)31(22)24(27(34)30(4)5)20-11-10-17(3)28-15-20/h6-11,15-16,21-24H,12-14H2,1-5H3,(H,29,32)/t22-,23-,24?/m1/s1. The molecule has 1 aromatic carbocycles. The summed E-state index contributed by atoms with van der Waals surface area (Å²) in [5.41, 5.74) is 3.88. The molecule has 34 heavy (non-hydrogen) atoms. The van der Waals surface area contributed by atoms with Crippen molar-refractivity contribution in [3.05, 3.63) is 65.0 Å². The van der Waals surface area contributed by atoms with Gasteiger partial charge in [0.1, 0.15) is 18.1 Å². The summed E-state index contributed by atoms with van der Waals surface area (Å²) in [6.45, 7) is 5.92. The number of piperazine rings is 1. The van der Waals surface area contributed by atoms with Crippen LogP contribution in [0.5, 0.6) is 0 Å². The molecular formula is C27H34N4O3. The fourth-order valence-corrected chi connectivity index (χ4v) is 5.18. The molecule has 0 bridgehead atoms. The molecule has 2 aliphatic rings. The molecule has 1 saturated heterocycles. The van der Waals surface area contributed by atoms with Gasteiger partial charge in [0.05, 0.1) is 0 Å². The Hall–Kier alpha value is -3.22. The maximum atomic E-state index is 14.1. The van der Waals surface area contributed by atoms with E-state index in [1.807, 2.05) is 45.0 Å². The number of aryl methyl sites for hydroxylation is 1. The molecule has 2 aromatic rings. The predicted molar refractivity (Wildman–Crippen MR) is 130 cm³/mol. The highest BCUT2D eigenvalue weighted by molar-refractivity contribution is 6.00. The minimum atomic E-state index is -0.906. The molecule has 0 spiro atoms. The van der Waals surface area contributed by atoms with Crippen molar-refractivity contribution in [1.29, 1.82) is 0 Å². The van der Waals surface area contributed by atoms with Crippen molar-refractivity contribution in [2.45, 2.75) is 58.2 Å². The predicted octanol–water partition coefficient (Wildman–Crippen LogP) is 2.68. The van der Waals surface area contributed by atoms with E-state index in [1.54, 1.807) is 25.2 Å². The molecule has 1 aromatic heterocycles. The van der Waals surface area contributed by atoms with E-state index in [0.29, 0.717) is 12.0 Å². The molecular weight excluding hydrogens is 428 g/mol. The maximum absolute atomic E-state index is 14.1.